The fraction of sp³-hybridized carbons (Fsp3) is 0.0588. The lowest BCUT2D eigenvalue weighted by molar-refractivity contribution is 0.0987. The molecule has 4 N–H and O–H groups in total. The number of carbonyl (C=O) groups excluding carboxylic acids is 2. The highest BCUT2D eigenvalue weighted by Crippen LogP contribution is 2.42. The standard InChI is InChI=1S/C34H30N2O2P2/c35-33(37)31-22-26(24-40(29-17-9-3-10-18-29)30-19-11-4-12-20-30)32(34(36)38)21-25(31)23-39(27-13-5-1-6-14-27)28-15-7-2-8-16-28/h1-22H,23-24H2,(H2,35,37)(H2,36,38). The third-order valence-corrected chi connectivity index (χ3v) is 11.8. The van der Waals surface area contributed by atoms with Gasteiger partial charge < -0.3 is 11.5 Å². The van der Waals surface area contributed by atoms with Crippen molar-refractivity contribution in [2.24, 2.45) is 11.5 Å². The summed E-state index contributed by atoms with van der Waals surface area (Å²) in [6, 6.07) is 44.7. The van der Waals surface area contributed by atoms with E-state index in [4.69, 9.17) is 11.5 Å². The molecule has 0 fully saturated rings. The maximum Gasteiger partial charge on any atom is 0.249 e. The van der Waals surface area contributed by atoms with Crippen LogP contribution in [0.1, 0.15) is 31.8 Å². The van der Waals surface area contributed by atoms with Gasteiger partial charge in [0.05, 0.1) is 0 Å². The fourth-order valence-corrected chi connectivity index (χ4v) is 9.50. The van der Waals surface area contributed by atoms with E-state index in [0.29, 0.717) is 23.5 Å². The van der Waals surface area contributed by atoms with Crippen molar-refractivity contribution in [3.8, 4) is 0 Å². The average molecular weight is 561 g/mol. The second-order valence-corrected chi connectivity index (χ2v) is 13.8. The molecular weight excluding hydrogens is 530 g/mol. The Morgan fingerprint density at radius 2 is 0.700 bits per heavy atom. The zero-order chi connectivity index (χ0) is 27.9. The minimum absolute atomic E-state index is 0.440. The van der Waals surface area contributed by atoms with E-state index in [1.165, 1.54) is 21.2 Å². The number of hydrogen-bond acceptors (Lipinski definition) is 2. The zero-order valence-electron chi connectivity index (χ0n) is 22.0. The lowest BCUT2D eigenvalue weighted by Crippen LogP contribution is -2.22. The molecule has 5 aromatic rings. The molecule has 0 radical (unpaired) electrons. The van der Waals surface area contributed by atoms with Crippen molar-refractivity contribution in [3.05, 3.63) is 156 Å². The lowest BCUT2D eigenvalue weighted by atomic mass is 9.99. The van der Waals surface area contributed by atoms with Gasteiger partial charge in [-0.05, 0) is 60.3 Å². The predicted octanol–water partition coefficient (Wildman–Crippen LogP) is 5.15. The number of carbonyl (C=O) groups is 2. The van der Waals surface area contributed by atoms with Crippen LogP contribution in [0.2, 0.25) is 0 Å². The summed E-state index contributed by atoms with van der Waals surface area (Å²) in [4.78, 5) is 25.7. The van der Waals surface area contributed by atoms with Crippen LogP contribution in [-0.2, 0) is 12.3 Å². The molecule has 198 valence electrons. The first kappa shape index (κ1) is 27.5. The van der Waals surface area contributed by atoms with Crippen LogP contribution in [0.3, 0.4) is 0 Å². The molecule has 0 aliphatic carbocycles. The summed E-state index contributed by atoms with van der Waals surface area (Å²) in [5, 5.41) is 4.72. The summed E-state index contributed by atoms with van der Waals surface area (Å²) >= 11 is 0. The molecule has 2 amide bonds. The van der Waals surface area contributed by atoms with Crippen LogP contribution in [0.15, 0.2) is 133 Å². The minimum Gasteiger partial charge on any atom is -0.366 e. The second-order valence-electron chi connectivity index (χ2n) is 9.41. The maximum absolute atomic E-state index is 12.9. The van der Waals surface area contributed by atoms with E-state index >= 15 is 0 Å². The van der Waals surface area contributed by atoms with Gasteiger partial charge in [0, 0.05) is 23.5 Å². The first-order valence-electron chi connectivity index (χ1n) is 13.0. The molecule has 0 atom stereocenters. The minimum atomic E-state index is -0.854. The molecule has 6 heteroatoms. The van der Waals surface area contributed by atoms with Crippen LogP contribution in [0.25, 0.3) is 0 Å². The average Bonchev–Trinajstić information content (AvgIpc) is 3.00. The van der Waals surface area contributed by atoms with Gasteiger partial charge in [-0.3, -0.25) is 9.59 Å². The Bertz CT molecular complexity index is 1390. The van der Waals surface area contributed by atoms with Gasteiger partial charge in [0.15, 0.2) is 0 Å². The summed E-state index contributed by atoms with van der Waals surface area (Å²) < 4.78 is 0. The van der Waals surface area contributed by atoms with Crippen LogP contribution in [-0.4, -0.2) is 11.8 Å². The van der Waals surface area contributed by atoms with E-state index in [0.717, 1.165) is 11.1 Å². The summed E-state index contributed by atoms with van der Waals surface area (Å²) in [6.45, 7) is 0. The van der Waals surface area contributed by atoms with Crippen LogP contribution >= 0.6 is 15.8 Å². The van der Waals surface area contributed by atoms with Gasteiger partial charge >= 0.3 is 0 Å². The Labute approximate surface area is 237 Å². The first-order valence-corrected chi connectivity index (χ1v) is 16.1. The summed E-state index contributed by atoms with van der Waals surface area (Å²) in [6.07, 6.45) is 1.13. The number of primary amides is 2. The molecule has 0 saturated heterocycles. The van der Waals surface area contributed by atoms with Gasteiger partial charge in [0.1, 0.15) is 0 Å². The highest BCUT2D eigenvalue weighted by molar-refractivity contribution is 7.72. The first-order chi connectivity index (χ1) is 19.5. The van der Waals surface area contributed by atoms with Crippen molar-refractivity contribution >= 4 is 48.9 Å². The quantitative estimate of drug-likeness (QED) is 0.232. The number of rotatable bonds is 10. The van der Waals surface area contributed by atoms with Crippen LogP contribution in [0.5, 0.6) is 0 Å². The fourth-order valence-electron chi connectivity index (χ4n) is 4.85. The smallest absolute Gasteiger partial charge is 0.249 e. The zero-order valence-corrected chi connectivity index (χ0v) is 23.8. The third kappa shape index (κ3) is 6.37. The Kier molecular flexibility index (Phi) is 8.81. The van der Waals surface area contributed by atoms with Crippen molar-refractivity contribution in [1.29, 1.82) is 0 Å². The summed E-state index contributed by atoms with van der Waals surface area (Å²) in [5.74, 6) is -1.01. The summed E-state index contributed by atoms with van der Waals surface area (Å²) in [7, 11) is -1.71. The Morgan fingerprint density at radius 1 is 0.450 bits per heavy atom. The van der Waals surface area contributed by atoms with Crippen LogP contribution in [0.4, 0.5) is 0 Å². The van der Waals surface area contributed by atoms with Crippen LogP contribution < -0.4 is 32.7 Å². The van der Waals surface area contributed by atoms with E-state index in [-0.39, 0.29) is 0 Å². The molecule has 5 aromatic carbocycles. The Hall–Kier alpha value is -4.10. The van der Waals surface area contributed by atoms with E-state index < -0.39 is 27.7 Å². The topological polar surface area (TPSA) is 86.2 Å². The van der Waals surface area contributed by atoms with Gasteiger partial charge in [-0.2, -0.15) is 0 Å². The van der Waals surface area contributed by atoms with Gasteiger partial charge in [-0.1, -0.05) is 121 Å². The van der Waals surface area contributed by atoms with Crippen molar-refractivity contribution in [2.45, 2.75) is 12.3 Å². The molecule has 4 nitrogen and oxygen atoms in total. The van der Waals surface area contributed by atoms with E-state index in [2.05, 4.69) is 48.5 Å². The Morgan fingerprint density at radius 3 is 0.925 bits per heavy atom. The molecule has 0 aliphatic rings. The van der Waals surface area contributed by atoms with E-state index in [1.54, 1.807) is 0 Å². The summed E-state index contributed by atoms with van der Waals surface area (Å²) in [5.41, 5.74) is 14.3. The normalized spacial score (nSPS) is 11.1. The van der Waals surface area contributed by atoms with Crippen molar-refractivity contribution < 1.29 is 9.59 Å². The molecule has 0 spiro atoms. The number of hydrogen-bond donors (Lipinski definition) is 2. The highest BCUT2D eigenvalue weighted by atomic mass is 31.1. The molecule has 5 rings (SSSR count). The molecule has 0 bridgehead atoms. The SMILES string of the molecule is NC(=O)c1cc(CP(c2ccccc2)c2ccccc2)c(C(N)=O)cc1CP(c1ccccc1)c1ccccc1. The molecule has 0 aliphatic heterocycles. The number of benzene rings is 5. The van der Waals surface area contributed by atoms with Crippen molar-refractivity contribution in [1.82, 2.24) is 0 Å². The molecule has 0 saturated carbocycles. The maximum atomic E-state index is 12.9. The second kappa shape index (κ2) is 12.8. The monoisotopic (exact) mass is 560 g/mol. The number of amides is 2. The highest BCUT2D eigenvalue weighted by Gasteiger charge is 2.24. The Balaban J connectivity index is 1.60. The molecule has 40 heavy (non-hydrogen) atoms. The van der Waals surface area contributed by atoms with E-state index in [9.17, 15) is 9.59 Å². The molecule has 0 unspecified atom stereocenters. The largest absolute Gasteiger partial charge is 0.366 e. The van der Waals surface area contributed by atoms with Gasteiger partial charge in [0.25, 0.3) is 0 Å². The van der Waals surface area contributed by atoms with E-state index in [1.807, 2.05) is 84.9 Å². The lowest BCUT2D eigenvalue weighted by Gasteiger charge is -2.23. The van der Waals surface area contributed by atoms with Crippen molar-refractivity contribution in [2.75, 3.05) is 0 Å². The molecule has 0 aromatic heterocycles. The van der Waals surface area contributed by atoms with Gasteiger partial charge in [0.2, 0.25) is 11.8 Å². The molecule has 0 heterocycles. The number of nitrogens with two attached hydrogens (primary N) is 2. The van der Waals surface area contributed by atoms with Gasteiger partial charge in [-0.15, -0.1) is 0 Å². The third-order valence-electron chi connectivity index (χ3n) is 6.79. The predicted molar refractivity (Wildman–Crippen MR) is 169 cm³/mol. The van der Waals surface area contributed by atoms with Crippen molar-refractivity contribution in [3.63, 3.8) is 0 Å². The molecular formula is C34H30N2O2P2. The van der Waals surface area contributed by atoms with Gasteiger partial charge in [-0.25, -0.2) is 0 Å². The van der Waals surface area contributed by atoms with Crippen LogP contribution in [0, 0.1) is 0 Å².